The zero-order chi connectivity index (χ0) is 11.3. The number of carboxylic acids is 1. The minimum Gasteiger partial charge on any atom is -0.481 e. The minimum absolute atomic E-state index is 0.213. The molecule has 1 aromatic rings. The van der Waals surface area contributed by atoms with Gasteiger partial charge < -0.3 is 15.2 Å². The first-order chi connectivity index (χ1) is 7.08. The Hall–Kier alpha value is -1.33. The number of aromatic nitrogens is 1. The summed E-state index contributed by atoms with van der Waals surface area (Å²) in [5.41, 5.74) is 1.04. The fourth-order valence-electron chi connectivity index (χ4n) is 1.45. The van der Waals surface area contributed by atoms with Gasteiger partial charge in [-0.25, -0.2) is 0 Å². The van der Waals surface area contributed by atoms with Crippen LogP contribution in [-0.4, -0.2) is 45.8 Å². The van der Waals surface area contributed by atoms with Crippen LogP contribution in [0.2, 0.25) is 0 Å². The standard InChI is InChI=1S/C10H16N2O3/c1-12(6-8-3-2-4-11-8)7-9(13)5-10(14)15/h2-4,9,11,13H,5-7H2,1H3,(H,14,15). The van der Waals surface area contributed by atoms with Crippen LogP contribution in [0.5, 0.6) is 0 Å². The lowest BCUT2D eigenvalue weighted by atomic mass is 10.2. The zero-order valence-electron chi connectivity index (χ0n) is 8.68. The Morgan fingerprint density at radius 1 is 1.67 bits per heavy atom. The molecule has 0 saturated heterocycles. The smallest absolute Gasteiger partial charge is 0.306 e. The van der Waals surface area contributed by atoms with E-state index in [0.717, 1.165) is 5.69 Å². The maximum Gasteiger partial charge on any atom is 0.306 e. The summed E-state index contributed by atoms with van der Waals surface area (Å²) in [6.07, 6.45) is 0.800. The first-order valence-electron chi connectivity index (χ1n) is 4.78. The second kappa shape index (κ2) is 5.53. The Bertz CT molecular complexity index is 298. The first-order valence-corrected chi connectivity index (χ1v) is 4.78. The number of H-pyrrole nitrogens is 1. The van der Waals surface area contributed by atoms with Crippen molar-refractivity contribution in [2.75, 3.05) is 13.6 Å². The van der Waals surface area contributed by atoms with Gasteiger partial charge in [0, 0.05) is 25.0 Å². The molecule has 5 heteroatoms. The monoisotopic (exact) mass is 212 g/mol. The van der Waals surface area contributed by atoms with E-state index in [2.05, 4.69) is 4.98 Å². The molecular formula is C10H16N2O3. The van der Waals surface area contributed by atoms with Crippen LogP contribution in [0.25, 0.3) is 0 Å². The van der Waals surface area contributed by atoms with E-state index in [1.807, 2.05) is 30.3 Å². The van der Waals surface area contributed by atoms with Crippen molar-refractivity contribution in [2.24, 2.45) is 0 Å². The number of hydrogen-bond donors (Lipinski definition) is 3. The van der Waals surface area contributed by atoms with Crippen molar-refractivity contribution in [3.63, 3.8) is 0 Å². The molecule has 0 aromatic carbocycles. The molecular weight excluding hydrogens is 196 g/mol. The fourth-order valence-corrected chi connectivity index (χ4v) is 1.45. The lowest BCUT2D eigenvalue weighted by molar-refractivity contribution is -0.139. The third kappa shape index (κ3) is 4.62. The molecule has 0 aliphatic carbocycles. The molecule has 3 N–H and O–H groups in total. The SMILES string of the molecule is CN(Cc1ccc[nH]1)CC(O)CC(=O)O. The summed E-state index contributed by atoms with van der Waals surface area (Å²) in [6, 6.07) is 3.84. The van der Waals surface area contributed by atoms with Gasteiger partial charge in [-0.2, -0.15) is 0 Å². The number of carbonyl (C=O) groups is 1. The van der Waals surface area contributed by atoms with Gasteiger partial charge in [-0.1, -0.05) is 0 Å². The molecule has 0 aliphatic rings. The summed E-state index contributed by atoms with van der Waals surface area (Å²) in [5, 5.41) is 17.9. The molecule has 0 fully saturated rings. The highest BCUT2D eigenvalue weighted by Crippen LogP contribution is 2.02. The second-order valence-corrected chi connectivity index (χ2v) is 3.64. The lowest BCUT2D eigenvalue weighted by Crippen LogP contribution is -2.30. The van der Waals surface area contributed by atoms with Crippen LogP contribution in [0, 0.1) is 0 Å². The van der Waals surface area contributed by atoms with Crippen LogP contribution in [0.15, 0.2) is 18.3 Å². The maximum absolute atomic E-state index is 10.3. The van der Waals surface area contributed by atoms with E-state index in [1.165, 1.54) is 0 Å². The van der Waals surface area contributed by atoms with Gasteiger partial charge in [0.1, 0.15) is 0 Å². The van der Waals surface area contributed by atoms with Crippen LogP contribution < -0.4 is 0 Å². The van der Waals surface area contributed by atoms with Gasteiger partial charge in [0.2, 0.25) is 0 Å². The number of aliphatic hydroxyl groups excluding tert-OH is 1. The number of hydrogen-bond acceptors (Lipinski definition) is 3. The van der Waals surface area contributed by atoms with Crippen LogP contribution in [0.4, 0.5) is 0 Å². The van der Waals surface area contributed by atoms with Gasteiger partial charge in [0.25, 0.3) is 0 Å². The number of rotatable bonds is 6. The highest BCUT2D eigenvalue weighted by molar-refractivity contribution is 5.67. The molecule has 0 radical (unpaired) electrons. The van der Waals surface area contributed by atoms with Crippen LogP contribution in [0.3, 0.4) is 0 Å². The van der Waals surface area contributed by atoms with Gasteiger partial charge in [-0.15, -0.1) is 0 Å². The summed E-state index contributed by atoms with van der Waals surface area (Å²) in [6.45, 7) is 1.02. The van der Waals surface area contributed by atoms with E-state index in [0.29, 0.717) is 13.1 Å². The van der Waals surface area contributed by atoms with E-state index in [4.69, 9.17) is 5.11 Å². The molecule has 15 heavy (non-hydrogen) atoms. The molecule has 1 rings (SSSR count). The van der Waals surface area contributed by atoms with Gasteiger partial charge in [-0.05, 0) is 19.2 Å². The average molecular weight is 212 g/mol. The Kier molecular flexibility index (Phi) is 4.33. The van der Waals surface area contributed by atoms with Gasteiger partial charge in [0.05, 0.1) is 12.5 Å². The quantitative estimate of drug-likeness (QED) is 0.633. The molecule has 1 aromatic heterocycles. The van der Waals surface area contributed by atoms with Crippen molar-refractivity contribution in [3.8, 4) is 0 Å². The number of aliphatic hydroxyl groups is 1. The van der Waals surface area contributed by atoms with E-state index < -0.39 is 12.1 Å². The molecule has 0 bridgehead atoms. The largest absolute Gasteiger partial charge is 0.481 e. The maximum atomic E-state index is 10.3. The number of aliphatic carboxylic acids is 1. The number of aromatic amines is 1. The molecule has 0 spiro atoms. The third-order valence-corrected chi connectivity index (χ3v) is 2.04. The lowest BCUT2D eigenvalue weighted by Gasteiger charge is -2.18. The number of carboxylic acid groups (broad SMARTS) is 1. The molecule has 1 atom stereocenters. The van der Waals surface area contributed by atoms with Crippen molar-refractivity contribution >= 4 is 5.97 Å². The molecule has 0 amide bonds. The molecule has 1 unspecified atom stereocenters. The summed E-state index contributed by atoms with van der Waals surface area (Å²) in [5.74, 6) is -0.976. The first kappa shape index (κ1) is 11.7. The average Bonchev–Trinajstić information content (AvgIpc) is 2.53. The summed E-state index contributed by atoms with van der Waals surface area (Å²) >= 11 is 0. The van der Waals surface area contributed by atoms with Crippen LogP contribution in [-0.2, 0) is 11.3 Å². The molecule has 1 heterocycles. The Balaban J connectivity index is 2.29. The highest BCUT2D eigenvalue weighted by Gasteiger charge is 2.12. The van der Waals surface area contributed by atoms with Gasteiger partial charge in [0.15, 0.2) is 0 Å². The Labute approximate surface area is 88.3 Å². The van der Waals surface area contributed by atoms with E-state index >= 15 is 0 Å². The van der Waals surface area contributed by atoms with Crippen molar-refractivity contribution in [3.05, 3.63) is 24.0 Å². The third-order valence-electron chi connectivity index (χ3n) is 2.04. The van der Waals surface area contributed by atoms with Crippen molar-refractivity contribution < 1.29 is 15.0 Å². The topological polar surface area (TPSA) is 76.6 Å². The number of nitrogens with one attached hydrogen (secondary N) is 1. The molecule has 5 nitrogen and oxygen atoms in total. The predicted octanol–water partition coefficient (Wildman–Crippen LogP) is 0.282. The van der Waals surface area contributed by atoms with Gasteiger partial charge >= 0.3 is 5.97 Å². The molecule has 0 aliphatic heterocycles. The highest BCUT2D eigenvalue weighted by atomic mass is 16.4. The fraction of sp³-hybridized carbons (Fsp3) is 0.500. The van der Waals surface area contributed by atoms with Crippen molar-refractivity contribution in [1.82, 2.24) is 9.88 Å². The van der Waals surface area contributed by atoms with Crippen molar-refractivity contribution in [2.45, 2.75) is 19.1 Å². The predicted molar refractivity (Wildman–Crippen MR) is 55.4 cm³/mol. The van der Waals surface area contributed by atoms with Gasteiger partial charge in [-0.3, -0.25) is 9.69 Å². The normalized spacial score (nSPS) is 13.0. The molecule has 0 saturated carbocycles. The van der Waals surface area contributed by atoms with Crippen LogP contribution in [0.1, 0.15) is 12.1 Å². The van der Waals surface area contributed by atoms with E-state index in [1.54, 1.807) is 0 Å². The Morgan fingerprint density at radius 2 is 2.40 bits per heavy atom. The number of likely N-dealkylation sites (N-methyl/N-ethyl adjacent to an activating group) is 1. The summed E-state index contributed by atoms with van der Waals surface area (Å²) in [7, 11) is 1.84. The van der Waals surface area contributed by atoms with Crippen LogP contribution >= 0.6 is 0 Å². The number of nitrogens with zero attached hydrogens (tertiary/aromatic N) is 1. The summed E-state index contributed by atoms with van der Waals surface area (Å²) in [4.78, 5) is 15.2. The van der Waals surface area contributed by atoms with E-state index in [-0.39, 0.29) is 6.42 Å². The molecule has 84 valence electrons. The van der Waals surface area contributed by atoms with Crippen molar-refractivity contribution in [1.29, 1.82) is 0 Å². The Morgan fingerprint density at radius 3 is 2.93 bits per heavy atom. The second-order valence-electron chi connectivity index (χ2n) is 3.64. The minimum atomic E-state index is -0.976. The summed E-state index contributed by atoms with van der Waals surface area (Å²) < 4.78 is 0. The zero-order valence-corrected chi connectivity index (χ0v) is 8.68. The van der Waals surface area contributed by atoms with E-state index in [9.17, 15) is 9.90 Å².